The standard InChI is InChI=1S/C12H19N3OS/c1-12(8-13)4-6-15(9-12)11(16)3-2-10-14-5-7-17-10/h5,7H,2-4,6,8-9,13H2,1H3. The van der Waals surface area contributed by atoms with Gasteiger partial charge in [-0.05, 0) is 18.4 Å². The Bertz CT molecular complexity index is 379. The quantitative estimate of drug-likeness (QED) is 0.879. The first-order valence-corrected chi connectivity index (χ1v) is 6.87. The summed E-state index contributed by atoms with van der Waals surface area (Å²) in [5.41, 5.74) is 5.86. The van der Waals surface area contributed by atoms with Crippen molar-refractivity contribution in [3.8, 4) is 0 Å². The van der Waals surface area contributed by atoms with E-state index in [2.05, 4.69) is 11.9 Å². The molecule has 1 unspecified atom stereocenters. The van der Waals surface area contributed by atoms with Crippen LogP contribution in [0, 0.1) is 5.41 Å². The highest BCUT2D eigenvalue weighted by Crippen LogP contribution is 2.28. The van der Waals surface area contributed by atoms with Gasteiger partial charge in [-0.1, -0.05) is 6.92 Å². The van der Waals surface area contributed by atoms with Gasteiger partial charge in [0, 0.05) is 37.5 Å². The fraction of sp³-hybridized carbons (Fsp3) is 0.667. The van der Waals surface area contributed by atoms with Crippen molar-refractivity contribution in [2.45, 2.75) is 26.2 Å². The highest BCUT2D eigenvalue weighted by molar-refractivity contribution is 7.09. The third-order valence-electron chi connectivity index (χ3n) is 3.44. The molecule has 0 aromatic carbocycles. The van der Waals surface area contributed by atoms with Crippen LogP contribution in [0.5, 0.6) is 0 Å². The molecule has 0 bridgehead atoms. The van der Waals surface area contributed by atoms with E-state index in [4.69, 9.17) is 5.73 Å². The molecule has 2 heterocycles. The van der Waals surface area contributed by atoms with E-state index in [0.717, 1.165) is 30.9 Å². The third-order valence-corrected chi connectivity index (χ3v) is 4.28. The minimum atomic E-state index is 0.122. The molecule has 4 nitrogen and oxygen atoms in total. The summed E-state index contributed by atoms with van der Waals surface area (Å²) in [4.78, 5) is 18.1. The Morgan fingerprint density at radius 2 is 2.53 bits per heavy atom. The number of carbonyl (C=O) groups is 1. The van der Waals surface area contributed by atoms with Gasteiger partial charge in [-0.15, -0.1) is 11.3 Å². The topological polar surface area (TPSA) is 59.2 Å². The van der Waals surface area contributed by atoms with Gasteiger partial charge in [0.1, 0.15) is 0 Å². The molecule has 5 heteroatoms. The number of aryl methyl sites for hydroxylation is 1. The Balaban J connectivity index is 1.81. The molecule has 94 valence electrons. The number of hydrogen-bond donors (Lipinski definition) is 1. The first-order valence-electron chi connectivity index (χ1n) is 5.99. The average Bonchev–Trinajstić information content (AvgIpc) is 2.96. The number of carbonyl (C=O) groups excluding carboxylic acids is 1. The predicted molar refractivity (Wildman–Crippen MR) is 68.8 cm³/mol. The normalized spacial score (nSPS) is 24.2. The molecule has 2 N–H and O–H groups in total. The van der Waals surface area contributed by atoms with Gasteiger partial charge in [0.15, 0.2) is 0 Å². The van der Waals surface area contributed by atoms with Crippen molar-refractivity contribution in [1.29, 1.82) is 0 Å². The SMILES string of the molecule is CC1(CN)CCN(C(=O)CCc2nccs2)C1. The van der Waals surface area contributed by atoms with Gasteiger partial charge in [-0.25, -0.2) is 4.98 Å². The Hall–Kier alpha value is -0.940. The molecule has 1 saturated heterocycles. The lowest BCUT2D eigenvalue weighted by Gasteiger charge is -2.22. The molecule has 0 saturated carbocycles. The van der Waals surface area contributed by atoms with Gasteiger partial charge in [0.2, 0.25) is 5.91 Å². The van der Waals surface area contributed by atoms with Crippen LogP contribution in [0.2, 0.25) is 0 Å². The maximum atomic E-state index is 12.0. The van der Waals surface area contributed by atoms with Crippen LogP contribution in [0.25, 0.3) is 0 Å². The van der Waals surface area contributed by atoms with Gasteiger partial charge in [0.05, 0.1) is 5.01 Å². The van der Waals surface area contributed by atoms with Crippen LogP contribution in [0.3, 0.4) is 0 Å². The minimum absolute atomic E-state index is 0.122. The van der Waals surface area contributed by atoms with E-state index in [1.165, 1.54) is 0 Å². The van der Waals surface area contributed by atoms with Crippen LogP contribution in [0.1, 0.15) is 24.8 Å². The highest BCUT2D eigenvalue weighted by atomic mass is 32.1. The lowest BCUT2D eigenvalue weighted by Crippen LogP contribution is -2.34. The van der Waals surface area contributed by atoms with Crippen molar-refractivity contribution in [3.05, 3.63) is 16.6 Å². The van der Waals surface area contributed by atoms with E-state index in [1.54, 1.807) is 17.5 Å². The van der Waals surface area contributed by atoms with Gasteiger partial charge in [-0.2, -0.15) is 0 Å². The van der Waals surface area contributed by atoms with Crippen molar-refractivity contribution >= 4 is 17.2 Å². The molecule has 2 rings (SSSR count). The van der Waals surface area contributed by atoms with Gasteiger partial charge < -0.3 is 10.6 Å². The summed E-state index contributed by atoms with van der Waals surface area (Å²) in [6, 6.07) is 0. The number of thiazole rings is 1. The molecule has 0 spiro atoms. The molecular weight excluding hydrogens is 234 g/mol. The van der Waals surface area contributed by atoms with Crippen LogP contribution < -0.4 is 5.73 Å². The molecule has 17 heavy (non-hydrogen) atoms. The van der Waals surface area contributed by atoms with Crippen molar-refractivity contribution < 1.29 is 4.79 Å². The predicted octanol–water partition coefficient (Wildman–Crippen LogP) is 1.27. The van der Waals surface area contributed by atoms with Crippen molar-refractivity contribution in [2.75, 3.05) is 19.6 Å². The monoisotopic (exact) mass is 253 g/mol. The number of aromatic nitrogens is 1. The smallest absolute Gasteiger partial charge is 0.223 e. The van der Waals surface area contributed by atoms with Crippen LogP contribution in [-0.2, 0) is 11.2 Å². The lowest BCUT2D eigenvalue weighted by atomic mass is 9.90. The summed E-state index contributed by atoms with van der Waals surface area (Å²) in [5, 5.41) is 2.99. The Labute approximate surface area is 106 Å². The van der Waals surface area contributed by atoms with E-state index in [0.29, 0.717) is 13.0 Å². The number of amides is 1. The maximum absolute atomic E-state index is 12.0. The summed E-state index contributed by atoms with van der Waals surface area (Å²) in [7, 11) is 0. The second-order valence-electron chi connectivity index (χ2n) is 5.01. The summed E-state index contributed by atoms with van der Waals surface area (Å²) in [6.07, 6.45) is 4.12. The van der Waals surface area contributed by atoms with Crippen molar-refractivity contribution in [3.63, 3.8) is 0 Å². The summed E-state index contributed by atoms with van der Waals surface area (Å²) in [5.74, 6) is 0.234. The number of nitrogens with zero attached hydrogens (tertiary/aromatic N) is 2. The highest BCUT2D eigenvalue weighted by Gasteiger charge is 2.34. The first-order chi connectivity index (χ1) is 8.13. The Morgan fingerprint density at radius 1 is 1.71 bits per heavy atom. The molecule has 1 aromatic rings. The molecule has 1 aromatic heterocycles. The fourth-order valence-electron chi connectivity index (χ4n) is 2.15. The number of likely N-dealkylation sites (tertiary alicyclic amines) is 1. The lowest BCUT2D eigenvalue weighted by molar-refractivity contribution is -0.130. The van der Waals surface area contributed by atoms with Gasteiger partial charge in [0.25, 0.3) is 0 Å². The zero-order valence-electron chi connectivity index (χ0n) is 10.2. The molecule has 0 aliphatic carbocycles. The van der Waals surface area contributed by atoms with E-state index in [-0.39, 0.29) is 11.3 Å². The van der Waals surface area contributed by atoms with E-state index in [1.807, 2.05) is 10.3 Å². The molecule has 0 radical (unpaired) electrons. The molecule has 1 aliphatic rings. The molecule has 1 atom stereocenters. The third kappa shape index (κ3) is 3.04. The van der Waals surface area contributed by atoms with Crippen molar-refractivity contribution in [2.24, 2.45) is 11.1 Å². The number of hydrogen-bond acceptors (Lipinski definition) is 4. The second kappa shape index (κ2) is 5.14. The molecular formula is C12H19N3OS. The zero-order valence-corrected chi connectivity index (χ0v) is 11.0. The minimum Gasteiger partial charge on any atom is -0.342 e. The zero-order chi connectivity index (χ0) is 12.3. The maximum Gasteiger partial charge on any atom is 0.223 e. The number of rotatable bonds is 4. The molecule has 1 aliphatic heterocycles. The van der Waals surface area contributed by atoms with Gasteiger partial charge in [-0.3, -0.25) is 4.79 Å². The first kappa shape index (κ1) is 12.5. The Morgan fingerprint density at radius 3 is 3.12 bits per heavy atom. The average molecular weight is 253 g/mol. The van der Waals surface area contributed by atoms with Crippen LogP contribution in [0.4, 0.5) is 0 Å². The fourth-order valence-corrected chi connectivity index (χ4v) is 2.77. The summed E-state index contributed by atoms with van der Waals surface area (Å²) in [6.45, 7) is 4.47. The largest absolute Gasteiger partial charge is 0.342 e. The van der Waals surface area contributed by atoms with Gasteiger partial charge >= 0.3 is 0 Å². The summed E-state index contributed by atoms with van der Waals surface area (Å²) < 4.78 is 0. The van der Waals surface area contributed by atoms with E-state index >= 15 is 0 Å². The van der Waals surface area contributed by atoms with E-state index in [9.17, 15) is 4.79 Å². The second-order valence-corrected chi connectivity index (χ2v) is 5.99. The Kier molecular flexibility index (Phi) is 3.79. The number of nitrogens with two attached hydrogens (primary N) is 1. The summed E-state index contributed by atoms with van der Waals surface area (Å²) >= 11 is 1.61. The van der Waals surface area contributed by atoms with E-state index < -0.39 is 0 Å². The van der Waals surface area contributed by atoms with Crippen LogP contribution >= 0.6 is 11.3 Å². The van der Waals surface area contributed by atoms with Crippen LogP contribution in [0.15, 0.2) is 11.6 Å². The molecule has 1 amide bonds. The molecule has 1 fully saturated rings. The van der Waals surface area contributed by atoms with Crippen molar-refractivity contribution in [1.82, 2.24) is 9.88 Å². The van der Waals surface area contributed by atoms with Crippen LogP contribution in [-0.4, -0.2) is 35.4 Å².